The SMILES string of the molecule is O=C(N[C@H]1CC[C@@H](C(=O)O)C1)c1cnc(C2CCCO2)s1. The van der Waals surface area contributed by atoms with E-state index in [0.29, 0.717) is 17.7 Å². The van der Waals surface area contributed by atoms with Gasteiger partial charge in [-0.05, 0) is 32.1 Å². The van der Waals surface area contributed by atoms with Crippen molar-refractivity contribution in [3.8, 4) is 0 Å². The van der Waals surface area contributed by atoms with Crippen LogP contribution in [-0.2, 0) is 9.53 Å². The smallest absolute Gasteiger partial charge is 0.306 e. The zero-order valence-corrected chi connectivity index (χ0v) is 12.4. The summed E-state index contributed by atoms with van der Waals surface area (Å²) in [6, 6.07) is -0.0492. The lowest BCUT2D eigenvalue weighted by Crippen LogP contribution is -2.32. The highest BCUT2D eigenvalue weighted by molar-refractivity contribution is 7.13. The molecule has 1 aromatic heterocycles. The van der Waals surface area contributed by atoms with Gasteiger partial charge in [0.2, 0.25) is 0 Å². The Bertz CT molecular complexity index is 539. The van der Waals surface area contributed by atoms with Crippen LogP contribution in [0.1, 0.15) is 52.9 Å². The van der Waals surface area contributed by atoms with E-state index in [1.807, 2.05) is 0 Å². The molecule has 1 unspecified atom stereocenters. The van der Waals surface area contributed by atoms with Gasteiger partial charge >= 0.3 is 5.97 Å². The molecule has 1 aromatic rings. The molecule has 0 spiro atoms. The van der Waals surface area contributed by atoms with E-state index in [2.05, 4.69) is 10.3 Å². The molecule has 2 N–H and O–H groups in total. The van der Waals surface area contributed by atoms with Crippen molar-refractivity contribution < 1.29 is 19.4 Å². The fraction of sp³-hybridized carbons (Fsp3) is 0.643. The van der Waals surface area contributed by atoms with Crippen LogP contribution in [-0.4, -0.2) is 34.6 Å². The summed E-state index contributed by atoms with van der Waals surface area (Å²) in [5.41, 5.74) is 0. The van der Waals surface area contributed by atoms with Crippen molar-refractivity contribution >= 4 is 23.2 Å². The van der Waals surface area contributed by atoms with Gasteiger partial charge in [0, 0.05) is 12.6 Å². The van der Waals surface area contributed by atoms with Crippen molar-refractivity contribution in [1.29, 1.82) is 0 Å². The largest absolute Gasteiger partial charge is 0.481 e. The van der Waals surface area contributed by atoms with Gasteiger partial charge in [-0.3, -0.25) is 9.59 Å². The van der Waals surface area contributed by atoms with E-state index in [9.17, 15) is 9.59 Å². The first-order valence-electron chi connectivity index (χ1n) is 7.24. The Morgan fingerprint density at radius 2 is 2.24 bits per heavy atom. The molecule has 1 saturated heterocycles. The van der Waals surface area contributed by atoms with Crippen molar-refractivity contribution in [3.05, 3.63) is 16.1 Å². The number of carboxylic acids is 1. The molecule has 0 aromatic carbocycles. The molecular weight excluding hydrogens is 292 g/mol. The summed E-state index contributed by atoms with van der Waals surface area (Å²) >= 11 is 1.36. The number of carbonyl (C=O) groups excluding carboxylic acids is 1. The van der Waals surface area contributed by atoms with E-state index in [0.717, 1.165) is 30.9 Å². The summed E-state index contributed by atoms with van der Waals surface area (Å²) in [4.78, 5) is 27.9. The number of thiazole rings is 1. The number of amides is 1. The Morgan fingerprint density at radius 1 is 1.38 bits per heavy atom. The minimum Gasteiger partial charge on any atom is -0.481 e. The molecule has 114 valence electrons. The second-order valence-electron chi connectivity index (χ2n) is 5.58. The summed E-state index contributed by atoms with van der Waals surface area (Å²) in [6.07, 6.45) is 5.46. The summed E-state index contributed by atoms with van der Waals surface area (Å²) in [5, 5.41) is 12.7. The van der Waals surface area contributed by atoms with Crippen LogP contribution in [0.3, 0.4) is 0 Å². The number of carbonyl (C=O) groups is 2. The third kappa shape index (κ3) is 3.24. The van der Waals surface area contributed by atoms with E-state index in [4.69, 9.17) is 9.84 Å². The van der Waals surface area contributed by atoms with Gasteiger partial charge in [0.15, 0.2) is 0 Å². The van der Waals surface area contributed by atoms with Gasteiger partial charge in [0.25, 0.3) is 5.91 Å². The number of ether oxygens (including phenoxy) is 1. The van der Waals surface area contributed by atoms with Crippen LogP contribution < -0.4 is 5.32 Å². The summed E-state index contributed by atoms with van der Waals surface area (Å²) < 4.78 is 5.56. The third-order valence-corrected chi connectivity index (χ3v) is 5.16. The lowest BCUT2D eigenvalue weighted by Gasteiger charge is -2.11. The zero-order chi connectivity index (χ0) is 14.8. The lowest BCUT2D eigenvalue weighted by atomic mass is 10.1. The van der Waals surface area contributed by atoms with Crippen molar-refractivity contribution in [2.45, 2.75) is 44.2 Å². The summed E-state index contributed by atoms with van der Waals surface area (Å²) in [5.74, 6) is -1.27. The molecule has 2 fully saturated rings. The fourth-order valence-electron chi connectivity index (χ4n) is 2.91. The van der Waals surface area contributed by atoms with Crippen LogP contribution in [0.25, 0.3) is 0 Å². The third-order valence-electron chi connectivity index (χ3n) is 4.07. The zero-order valence-electron chi connectivity index (χ0n) is 11.6. The predicted molar refractivity (Wildman–Crippen MR) is 76.3 cm³/mol. The highest BCUT2D eigenvalue weighted by Gasteiger charge is 2.31. The van der Waals surface area contributed by atoms with Crippen molar-refractivity contribution in [2.24, 2.45) is 5.92 Å². The van der Waals surface area contributed by atoms with E-state index >= 15 is 0 Å². The first kappa shape index (κ1) is 14.5. The van der Waals surface area contributed by atoms with Gasteiger partial charge in [-0.1, -0.05) is 0 Å². The van der Waals surface area contributed by atoms with Crippen molar-refractivity contribution in [3.63, 3.8) is 0 Å². The number of aliphatic carboxylic acids is 1. The maximum atomic E-state index is 12.2. The number of carboxylic acid groups (broad SMARTS) is 1. The van der Waals surface area contributed by atoms with Crippen LogP contribution >= 0.6 is 11.3 Å². The molecule has 0 bridgehead atoms. The van der Waals surface area contributed by atoms with E-state index in [1.54, 1.807) is 6.20 Å². The van der Waals surface area contributed by atoms with E-state index in [1.165, 1.54) is 11.3 Å². The predicted octanol–water partition coefficient (Wildman–Crippen LogP) is 1.98. The van der Waals surface area contributed by atoms with Crippen LogP contribution in [0.2, 0.25) is 0 Å². The Labute approximate surface area is 126 Å². The summed E-state index contributed by atoms with van der Waals surface area (Å²) in [7, 11) is 0. The monoisotopic (exact) mass is 310 g/mol. The van der Waals surface area contributed by atoms with Crippen molar-refractivity contribution in [2.75, 3.05) is 6.61 Å². The van der Waals surface area contributed by atoms with E-state index < -0.39 is 5.97 Å². The number of nitrogens with one attached hydrogen (secondary N) is 1. The number of hydrogen-bond acceptors (Lipinski definition) is 5. The average Bonchev–Trinajstić information content (AvgIpc) is 3.19. The molecular formula is C14H18N2O4S. The second-order valence-corrected chi connectivity index (χ2v) is 6.65. The number of nitrogens with zero attached hydrogens (tertiary/aromatic N) is 1. The average molecular weight is 310 g/mol. The lowest BCUT2D eigenvalue weighted by molar-refractivity contribution is -0.141. The molecule has 1 aliphatic carbocycles. The van der Waals surface area contributed by atoms with Gasteiger partial charge in [-0.2, -0.15) is 0 Å². The van der Waals surface area contributed by atoms with Gasteiger partial charge in [0.05, 0.1) is 12.1 Å². The van der Waals surface area contributed by atoms with Gasteiger partial charge in [0.1, 0.15) is 16.0 Å². The fourth-order valence-corrected chi connectivity index (χ4v) is 3.81. The Hall–Kier alpha value is -1.47. The molecule has 1 amide bonds. The van der Waals surface area contributed by atoms with Gasteiger partial charge in [-0.25, -0.2) is 4.98 Å². The molecule has 3 rings (SSSR count). The molecule has 2 aliphatic rings. The molecule has 0 radical (unpaired) electrons. The highest BCUT2D eigenvalue weighted by Crippen LogP contribution is 2.31. The van der Waals surface area contributed by atoms with Crippen LogP contribution in [0.5, 0.6) is 0 Å². The minimum absolute atomic E-state index is 0.0272. The Morgan fingerprint density at radius 3 is 2.90 bits per heavy atom. The number of aromatic nitrogens is 1. The standard InChI is InChI=1S/C14H18N2O4S/c17-12(16-9-4-3-8(6-9)14(18)19)11-7-15-13(21-11)10-2-1-5-20-10/h7-10H,1-6H2,(H,16,17)(H,18,19)/t8-,9+,10?/m1/s1. The quantitative estimate of drug-likeness (QED) is 0.887. The number of rotatable bonds is 4. The maximum Gasteiger partial charge on any atom is 0.306 e. The second kappa shape index (κ2) is 6.11. The van der Waals surface area contributed by atoms with Crippen molar-refractivity contribution in [1.82, 2.24) is 10.3 Å². The maximum absolute atomic E-state index is 12.2. The first-order valence-corrected chi connectivity index (χ1v) is 8.06. The highest BCUT2D eigenvalue weighted by atomic mass is 32.1. The minimum atomic E-state index is -0.773. The molecule has 1 saturated carbocycles. The normalized spacial score (nSPS) is 28.7. The molecule has 6 nitrogen and oxygen atoms in total. The topological polar surface area (TPSA) is 88.5 Å². The van der Waals surface area contributed by atoms with Gasteiger partial charge in [-0.15, -0.1) is 11.3 Å². The van der Waals surface area contributed by atoms with Crippen LogP contribution in [0.15, 0.2) is 6.20 Å². The molecule has 2 heterocycles. The van der Waals surface area contributed by atoms with Gasteiger partial charge < -0.3 is 15.2 Å². The van der Waals surface area contributed by atoms with E-state index in [-0.39, 0.29) is 24.0 Å². The number of hydrogen-bond donors (Lipinski definition) is 2. The molecule has 7 heteroatoms. The Balaban J connectivity index is 1.57. The molecule has 21 heavy (non-hydrogen) atoms. The Kier molecular flexibility index (Phi) is 4.21. The molecule has 3 atom stereocenters. The van der Waals surface area contributed by atoms with Crippen LogP contribution in [0.4, 0.5) is 0 Å². The summed E-state index contributed by atoms with van der Waals surface area (Å²) in [6.45, 7) is 0.754. The van der Waals surface area contributed by atoms with Crippen LogP contribution in [0, 0.1) is 5.92 Å². The molecule has 1 aliphatic heterocycles. The first-order chi connectivity index (χ1) is 10.1.